The van der Waals surface area contributed by atoms with E-state index >= 15 is 0 Å². The third-order valence-corrected chi connectivity index (χ3v) is 4.63. The van der Waals surface area contributed by atoms with E-state index < -0.39 is 0 Å². The lowest BCUT2D eigenvalue weighted by Crippen LogP contribution is -2.04. The Bertz CT molecular complexity index is 867. The largest absolute Gasteiger partial charge is 0.456 e. The first-order valence-corrected chi connectivity index (χ1v) is 8.19. The third kappa shape index (κ3) is 2.63. The zero-order valence-corrected chi connectivity index (χ0v) is 13.1. The van der Waals surface area contributed by atoms with Gasteiger partial charge in [0.2, 0.25) is 0 Å². The smallest absolute Gasteiger partial charge is 0.145 e. The molecule has 1 aliphatic rings. The minimum absolute atomic E-state index is 0.455. The predicted octanol–water partition coefficient (Wildman–Crippen LogP) is 4.18. The molecule has 3 aromatic rings. The van der Waals surface area contributed by atoms with Crippen molar-refractivity contribution in [1.29, 1.82) is 0 Å². The molecule has 1 saturated heterocycles. The highest BCUT2D eigenvalue weighted by atomic mass is 35.5. The highest BCUT2D eigenvalue weighted by Crippen LogP contribution is 2.32. The van der Waals surface area contributed by atoms with Crippen LogP contribution in [0.25, 0.3) is 28.2 Å². The molecule has 0 saturated carbocycles. The number of nitrogens with zero attached hydrogens (tertiary/aromatic N) is 2. The van der Waals surface area contributed by atoms with Crippen molar-refractivity contribution in [3.8, 4) is 11.1 Å². The maximum absolute atomic E-state index is 6.03. The quantitative estimate of drug-likeness (QED) is 0.715. The fraction of sp³-hybridized carbons (Fsp3) is 0.125. The number of thioether (sulfide) groups is 1. The highest BCUT2D eigenvalue weighted by Gasteiger charge is 2.12. The van der Waals surface area contributed by atoms with Crippen LogP contribution in [0.4, 0.5) is 0 Å². The summed E-state index contributed by atoms with van der Waals surface area (Å²) in [5.74, 6) is 1.80. The van der Waals surface area contributed by atoms with Gasteiger partial charge in [-0.3, -0.25) is 4.98 Å². The van der Waals surface area contributed by atoms with Crippen molar-refractivity contribution < 1.29 is 4.42 Å². The molecule has 0 aromatic carbocycles. The molecule has 0 unspecified atom stereocenters. The first-order chi connectivity index (χ1) is 10.8. The number of rotatable bonds is 2. The van der Waals surface area contributed by atoms with E-state index in [9.17, 15) is 0 Å². The molecule has 1 N–H and O–H groups in total. The Hall–Kier alpha value is -1.82. The van der Waals surface area contributed by atoms with Crippen LogP contribution < -0.4 is 5.32 Å². The summed E-state index contributed by atoms with van der Waals surface area (Å²) in [5.41, 5.74) is 2.69. The fourth-order valence-electron chi connectivity index (χ4n) is 2.45. The molecule has 4 rings (SSSR count). The Morgan fingerprint density at radius 3 is 3.09 bits per heavy atom. The van der Waals surface area contributed by atoms with Crippen molar-refractivity contribution in [2.24, 2.45) is 0 Å². The van der Waals surface area contributed by atoms with E-state index in [2.05, 4.69) is 21.4 Å². The standard InChI is InChI=1S/C16H12ClN3OS/c17-15-4-10(1-2-20-15)14-8-18-6-11-3-12(21-16(11)14)5-13-7-19-9-22-13/h1-6,8,19H,7,9H2/b13-5+. The average Bonchev–Trinajstić information content (AvgIpc) is 3.16. The predicted molar refractivity (Wildman–Crippen MR) is 90.7 cm³/mol. The first kappa shape index (κ1) is 13.8. The number of pyridine rings is 2. The molecule has 4 nitrogen and oxygen atoms in total. The van der Waals surface area contributed by atoms with Gasteiger partial charge in [-0.2, -0.15) is 0 Å². The van der Waals surface area contributed by atoms with Crippen LogP contribution in [0.1, 0.15) is 5.76 Å². The Morgan fingerprint density at radius 1 is 1.32 bits per heavy atom. The Kier molecular flexibility index (Phi) is 3.62. The molecule has 0 aliphatic carbocycles. The van der Waals surface area contributed by atoms with Gasteiger partial charge in [0.25, 0.3) is 0 Å². The van der Waals surface area contributed by atoms with Gasteiger partial charge < -0.3 is 9.73 Å². The lowest BCUT2D eigenvalue weighted by Gasteiger charge is -2.01. The third-order valence-electron chi connectivity index (χ3n) is 3.44. The highest BCUT2D eigenvalue weighted by molar-refractivity contribution is 8.03. The molecule has 0 amide bonds. The van der Waals surface area contributed by atoms with Crippen molar-refractivity contribution in [2.75, 3.05) is 12.4 Å². The second-order valence-corrected chi connectivity index (χ2v) is 6.44. The lowest BCUT2D eigenvalue weighted by molar-refractivity contribution is 0.604. The molecule has 0 bridgehead atoms. The Balaban J connectivity index is 1.83. The molecule has 22 heavy (non-hydrogen) atoms. The minimum atomic E-state index is 0.455. The van der Waals surface area contributed by atoms with Crippen molar-refractivity contribution >= 4 is 40.4 Å². The van der Waals surface area contributed by atoms with Crippen molar-refractivity contribution in [1.82, 2.24) is 15.3 Å². The summed E-state index contributed by atoms with van der Waals surface area (Å²) in [7, 11) is 0. The van der Waals surface area contributed by atoms with Gasteiger partial charge >= 0.3 is 0 Å². The number of halogens is 1. The van der Waals surface area contributed by atoms with Gasteiger partial charge in [0, 0.05) is 46.9 Å². The van der Waals surface area contributed by atoms with Gasteiger partial charge in [0.05, 0.1) is 0 Å². The summed E-state index contributed by atoms with van der Waals surface area (Å²) in [6, 6.07) is 5.73. The van der Waals surface area contributed by atoms with Gasteiger partial charge in [-0.1, -0.05) is 11.6 Å². The fourth-order valence-corrected chi connectivity index (χ4v) is 3.42. The second-order valence-electron chi connectivity index (χ2n) is 4.95. The summed E-state index contributed by atoms with van der Waals surface area (Å²) >= 11 is 7.78. The second kappa shape index (κ2) is 5.76. The molecule has 0 atom stereocenters. The molecule has 3 aromatic heterocycles. The van der Waals surface area contributed by atoms with Gasteiger partial charge in [-0.15, -0.1) is 11.8 Å². The maximum Gasteiger partial charge on any atom is 0.145 e. The summed E-state index contributed by atoms with van der Waals surface area (Å²) in [6.45, 7) is 0.896. The number of nitrogens with one attached hydrogen (secondary N) is 1. The molecule has 1 aliphatic heterocycles. The molecule has 4 heterocycles. The zero-order valence-electron chi connectivity index (χ0n) is 11.5. The van der Waals surface area contributed by atoms with Crippen molar-refractivity contribution in [3.63, 3.8) is 0 Å². The molecule has 0 spiro atoms. The SMILES string of the molecule is Clc1cc(-c2cncc3cc(/C=C4\CNCS4)oc23)ccn1. The average molecular weight is 330 g/mol. The van der Waals surface area contributed by atoms with E-state index in [0.717, 1.165) is 40.3 Å². The Labute approximate surface area is 136 Å². The van der Waals surface area contributed by atoms with Crippen LogP contribution in [-0.2, 0) is 0 Å². The lowest BCUT2D eigenvalue weighted by atomic mass is 10.1. The number of aromatic nitrogens is 2. The van der Waals surface area contributed by atoms with Gasteiger partial charge in [0.1, 0.15) is 16.5 Å². The molecule has 0 radical (unpaired) electrons. The number of fused-ring (bicyclic) bond motifs is 1. The van der Waals surface area contributed by atoms with Crippen molar-refractivity contribution in [2.45, 2.75) is 0 Å². The molecule has 1 fully saturated rings. The normalized spacial score (nSPS) is 16.7. The van der Waals surface area contributed by atoms with E-state index in [-0.39, 0.29) is 0 Å². The Morgan fingerprint density at radius 2 is 2.27 bits per heavy atom. The van der Waals surface area contributed by atoms with Crippen LogP contribution in [0.5, 0.6) is 0 Å². The number of hydrogen-bond acceptors (Lipinski definition) is 5. The van der Waals surface area contributed by atoms with Gasteiger partial charge in [-0.05, 0) is 29.8 Å². The van der Waals surface area contributed by atoms with Gasteiger partial charge in [0.15, 0.2) is 0 Å². The van der Waals surface area contributed by atoms with Gasteiger partial charge in [-0.25, -0.2) is 4.98 Å². The minimum Gasteiger partial charge on any atom is -0.456 e. The van der Waals surface area contributed by atoms with Crippen LogP contribution >= 0.6 is 23.4 Å². The van der Waals surface area contributed by atoms with E-state index in [1.54, 1.807) is 24.2 Å². The molecule has 6 heteroatoms. The summed E-state index contributed by atoms with van der Waals surface area (Å²) in [6.07, 6.45) is 7.37. The van der Waals surface area contributed by atoms with Crippen LogP contribution in [-0.4, -0.2) is 22.4 Å². The monoisotopic (exact) mass is 329 g/mol. The topological polar surface area (TPSA) is 51.0 Å². The summed E-state index contributed by atoms with van der Waals surface area (Å²) in [4.78, 5) is 9.59. The van der Waals surface area contributed by atoms with E-state index in [1.165, 1.54) is 4.91 Å². The van der Waals surface area contributed by atoms with E-state index in [0.29, 0.717) is 5.15 Å². The van der Waals surface area contributed by atoms with Crippen molar-refractivity contribution in [3.05, 3.63) is 52.6 Å². The summed E-state index contributed by atoms with van der Waals surface area (Å²) in [5, 5.41) is 4.72. The first-order valence-electron chi connectivity index (χ1n) is 6.83. The van der Waals surface area contributed by atoms with E-state index in [4.69, 9.17) is 16.0 Å². The maximum atomic E-state index is 6.03. The zero-order chi connectivity index (χ0) is 14.9. The molecular formula is C16H12ClN3OS. The van der Waals surface area contributed by atoms with Crippen LogP contribution in [0.3, 0.4) is 0 Å². The van der Waals surface area contributed by atoms with E-state index in [1.807, 2.05) is 24.4 Å². The molecular weight excluding hydrogens is 318 g/mol. The van der Waals surface area contributed by atoms with Crippen LogP contribution in [0, 0.1) is 0 Å². The van der Waals surface area contributed by atoms with Crippen LogP contribution in [0.15, 0.2) is 46.1 Å². The number of hydrogen-bond donors (Lipinski definition) is 1. The summed E-state index contributed by atoms with van der Waals surface area (Å²) < 4.78 is 6.03. The van der Waals surface area contributed by atoms with Crippen LogP contribution in [0.2, 0.25) is 5.15 Å². The number of furan rings is 1. The molecule has 110 valence electrons.